The molecule has 0 fully saturated rings. The van der Waals surface area contributed by atoms with Crippen molar-refractivity contribution in [2.75, 3.05) is 5.32 Å². The van der Waals surface area contributed by atoms with Crippen LogP contribution < -0.4 is 10.6 Å². The number of fused-ring (bicyclic) bond motifs is 2. The molecule has 1 heterocycles. The van der Waals surface area contributed by atoms with Crippen LogP contribution in [0.15, 0.2) is 52.3 Å². The van der Waals surface area contributed by atoms with Crippen molar-refractivity contribution in [3.8, 4) is 0 Å². The Bertz CT molecular complexity index is 596. The second kappa shape index (κ2) is 5.00. The summed E-state index contributed by atoms with van der Waals surface area (Å²) in [7, 11) is 0. The minimum Gasteiger partial charge on any atom is -0.378 e. The van der Waals surface area contributed by atoms with E-state index in [-0.39, 0.29) is 0 Å². The highest BCUT2D eigenvalue weighted by Gasteiger charge is 2.17. The minimum atomic E-state index is 0.752. The molecule has 0 aliphatic carbocycles. The molecule has 2 N–H and O–H groups in total. The lowest BCUT2D eigenvalue weighted by atomic mass is 10.1. The van der Waals surface area contributed by atoms with Crippen LogP contribution in [0.1, 0.15) is 5.56 Å². The zero-order valence-electron chi connectivity index (χ0n) is 9.64. The van der Waals surface area contributed by atoms with Gasteiger partial charge in [0, 0.05) is 16.3 Å². The first-order valence-electron chi connectivity index (χ1n) is 5.71. The predicted molar refractivity (Wildman–Crippen MR) is 80.8 cm³/mol. The van der Waals surface area contributed by atoms with Crippen molar-refractivity contribution in [1.82, 2.24) is 5.32 Å². The summed E-state index contributed by atoms with van der Waals surface area (Å²) >= 11 is 6.61. The van der Waals surface area contributed by atoms with Gasteiger partial charge in [-0.1, -0.05) is 48.2 Å². The van der Waals surface area contributed by atoms with Crippen LogP contribution in [-0.4, -0.2) is 5.49 Å². The molecule has 2 nitrogen and oxygen atoms in total. The zero-order chi connectivity index (χ0) is 12.4. The summed E-state index contributed by atoms with van der Waals surface area (Å²) in [6.45, 7) is 0.752. The monoisotopic (exact) mass is 272 g/mol. The Hall–Kier alpha value is -1.52. The quantitative estimate of drug-likeness (QED) is 0.705. The molecule has 0 bridgehead atoms. The molecule has 18 heavy (non-hydrogen) atoms. The summed E-state index contributed by atoms with van der Waals surface area (Å²) in [6.07, 6.45) is 0. The van der Waals surface area contributed by atoms with Crippen molar-refractivity contribution in [1.29, 1.82) is 0 Å². The van der Waals surface area contributed by atoms with Crippen LogP contribution in [-0.2, 0) is 6.54 Å². The molecular formula is C14H12N2S2. The average Bonchev–Trinajstić information content (AvgIpc) is 2.43. The fraction of sp³-hybridized carbons (Fsp3) is 0.0714. The third-order valence-corrected chi connectivity index (χ3v) is 4.16. The van der Waals surface area contributed by atoms with Gasteiger partial charge in [-0.3, -0.25) is 0 Å². The summed E-state index contributed by atoms with van der Waals surface area (Å²) in [4.78, 5) is 2.53. The Labute approximate surface area is 116 Å². The zero-order valence-corrected chi connectivity index (χ0v) is 11.3. The van der Waals surface area contributed by atoms with Gasteiger partial charge < -0.3 is 10.6 Å². The fourth-order valence-corrected chi connectivity index (χ4v) is 3.14. The number of anilines is 2. The van der Waals surface area contributed by atoms with E-state index in [0.29, 0.717) is 0 Å². The molecule has 1 aliphatic rings. The molecule has 0 spiro atoms. The second-order valence-corrected chi connectivity index (χ2v) is 5.33. The highest BCUT2D eigenvalue weighted by atomic mass is 32.2. The van der Waals surface area contributed by atoms with Crippen molar-refractivity contribution in [3.05, 3.63) is 48.0 Å². The highest BCUT2D eigenvalue weighted by molar-refractivity contribution is 7.99. The lowest BCUT2D eigenvalue weighted by molar-refractivity contribution is 0.940. The molecule has 2 aromatic carbocycles. The molecule has 4 heteroatoms. The van der Waals surface area contributed by atoms with Crippen molar-refractivity contribution in [2.45, 2.75) is 16.3 Å². The summed E-state index contributed by atoms with van der Waals surface area (Å²) in [6, 6.07) is 14.7. The van der Waals surface area contributed by atoms with Crippen LogP contribution in [0.2, 0.25) is 0 Å². The first-order valence-corrected chi connectivity index (χ1v) is 7.00. The second-order valence-electron chi connectivity index (χ2n) is 4.01. The van der Waals surface area contributed by atoms with Crippen LogP contribution in [0.3, 0.4) is 0 Å². The number of benzene rings is 2. The smallest absolute Gasteiger partial charge is 0.0617 e. The van der Waals surface area contributed by atoms with Gasteiger partial charge in [-0.05, 0) is 23.8 Å². The van der Waals surface area contributed by atoms with Gasteiger partial charge in [-0.15, -0.1) is 0 Å². The van der Waals surface area contributed by atoms with Crippen molar-refractivity contribution in [2.24, 2.45) is 0 Å². The van der Waals surface area contributed by atoms with E-state index in [0.717, 1.165) is 6.54 Å². The van der Waals surface area contributed by atoms with Crippen LogP contribution in [0.4, 0.5) is 11.4 Å². The largest absolute Gasteiger partial charge is 0.378 e. The standard InChI is InChI=1S/C14H12N2S2/c17-9-15-8-10-4-3-7-13-14(10)16-11-5-1-2-6-12(11)18-13/h1-7,9,16H,8H2,(H,15,17). The molecule has 1 aliphatic heterocycles. The number of nitrogens with one attached hydrogen (secondary N) is 2. The maximum atomic E-state index is 4.81. The SMILES string of the molecule is S=CNCc1cccc2c1Nc1ccccc1S2. The maximum Gasteiger partial charge on any atom is 0.0617 e. The van der Waals surface area contributed by atoms with E-state index in [9.17, 15) is 0 Å². The number of rotatable bonds is 3. The van der Waals surface area contributed by atoms with Crippen LogP contribution >= 0.6 is 24.0 Å². The molecule has 0 saturated carbocycles. The van der Waals surface area contributed by atoms with Crippen molar-refractivity contribution < 1.29 is 0 Å². The van der Waals surface area contributed by atoms with Crippen LogP contribution in [0.5, 0.6) is 0 Å². The van der Waals surface area contributed by atoms with Crippen LogP contribution in [0, 0.1) is 0 Å². The Kier molecular flexibility index (Phi) is 3.21. The molecule has 0 amide bonds. The average molecular weight is 272 g/mol. The highest BCUT2D eigenvalue weighted by Crippen LogP contribution is 2.45. The molecule has 0 unspecified atom stereocenters. The Balaban J connectivity index is 1.99. The first-order chi connectivity index (χ1) is 8.88. The fourth-order valence-electron chi connectivity index (χ4n) is 2.01. The number of hydrogen-bond acceptors (Lipinski definition) is 3. The molecule has 90 valence electrons. The van der Waals surface area contributed by atoms with E-state index in [1.807, 2.05) is 0 Å². The molecule has 0 radical (unpaired) electrons. The third-order valence-electron chi connectivity index (χ3n) is 2.86. The topological polar surface area (TPSA) is 24.1 Å². The molecular weight excluding hydrogens is 260 g/mol. The van der Waals surface area contributed by atoms with Gasteiger partial charge in [-0.25, -0.2) is 0 Å². The number of para-hydroxylation sites is 2. The third kappa shape index (κ3) is 2.09. The lowest BCUT2D eigenvalue weighted by Gasteiger charge is -2.23. The Morgan fingerprint density at radius 3 is 2.83 bits per heavy atom. The molecule has 3 rings (SSSR count). The molecule has 0 atom stereocenters. The minimum absolute atomic E-state index is 0.752. The summed E-state index contributed by atoms with van der Waals surface area (Å²) in [5, 5.41) is 6.59. The van der Waals surface area contributed by atoms with Gasteiger partial charge in [0.05, 0.1) is 16.9 Å². The first kappa shape index (κ1) is 11.6. The molecule has 2 aromatic rings. The predicted octanol–water partition coefficient (Wildman–Crippen LogP) is 3.94. The van der Waals surface area contributed by atoms with Gasteiger partial charge in [0.15, 0.2) is 0 Å². The van der Waals surface area contributed by atoms with E-state index >= 15 is 0 Å². The van der Waals surface area contributed by atoms with Crippen molar-refractivity contribution in [3.63, 3.8) is 0 Å². The van der Waals surface area contributed by atoms with Crippen molar-refractivity contribution >= 4 is 40.8 Å². The Morgan fingerprint density at radius 1 is 1.11 bits per heavy atom. The van der Waals surface area contributed by atoms with Crippen LogP contribution in [0.25, 0.3) is 0 Å². The van der Waals surface area contributed by atoms with E-state index in [1.165, 1.54) is 26.7 Å². The van der Waals surface area contributed by atoms with E-state index in [4.69, 9.17) is 12.2 Å². The van der Waals surface area contributed by atoms with E-state index < -0.39 is 0 Å². The normalized spacial score (nSPS) is 12.0. The summed E-state index contributed by atoms with van der Waals surface area (Å²) < 4.78 is 0. The van der Waals surface area contributed by atoms with Gasteiger partial charge in [0.25, 0.3) is 0 Å². The number of thiocarbonyl (C=S) groups is 1. The Morgan fingerprint density at radius 2 is 1.94 bits per heavy atom. The van der Waals surface area contributed by atoms with Gasteiger partial charge in [-0.2, -0.15) is 0 Å². The number of hydrogen-bond donors (Lipinski definition) is 2. The van der Waals surface area contributed by atoms with Gasteiger partial charge in [0.1, 0.15) is 0 Å². The van der Waals surface area contributed by atoms with Gasteiger partial charge >= 0.3 is 0 Å². The lowest BCUT2D eigenvalue weighted by Crippen LogP contribution is -2.12. The molecule has 0 saturated heterocycles. The van der Waals surface area contributed by atoms with Gasteiger partial charge in [0.2, 0.25) is 0 Å². The summed E-state index contributed by atoms with van der Waals surface area (Å²) in [5.41, 5.74) is 5.15. The maximum absolute atomic E-state index is 4.81. The van der Waals surface area contributed by atoms with E-state index in [1.54, 1.807) is 17.3 Å². The molecule has 0 aromatic heterocycles. The van der Waals surface area contributed by atoms with E-state index in [2.05, 4.69) is 53.1 Å². The summed E-state index contributed by atoms with van der Waals surface area (Å²) in [5.74, 6) is 0.